The third-order valence-electron chi connectivity index (χ3n) is 2.44. The highest BCUT2D eigenvalue weighted by Gasteiger charge is 2.16. The van der Waals surface area contributed by atoms with Gasteiger partial charge in [-0.15, -0.1) is 0 Å². The molecule has 0 aliphatic rings. The van der Waals surface area contributed by atoms with Gasteiger partial charge in [-0.25, -0.2) is 0 Å². The van der Waals surface area contributed by atoms with Crippen LogP contribution >= 0.6 is 15.9 Å². The number of amides is 1. The summed E-state index contributed by atoms with van der Waals surface area (Å²) in [6, 6.07) is 5.53. The highest BCUT2D eigenvalue weighted by Crippen LogP contribution is 2.08. The summed E-state index contributed by atoms with van der Waals surface area (Å²) in [5.41, 5.74) is 0.475. The normalized spacial score (nSPS) is 12.5. The third kappa shape index (κ3) is 3.93. The van der Waals surface area contributed by atoms with Crippen molar-refractivity contribution in [2.75, 3.05) is 5.33 Å². The fourth-order valence-electron chi connectivity index (χ4n) is 1.43. The molecule has 0 bridgehead atoms. The number of nitrogens with one attached hydrogen (secondary N) is 1. The minimum atomic E-state index is -0.0970. The zero-order valence-electron chi connectivity index (χ0n) is 9.61. The lowest BCUT2D eigenvalue weighted by Gasteiger charge is -2.21. The summed E-state index contributed by atoms with van der Waals surface area (Å²) in [6.45, 7) is 4.21. The number of pyridine rings is 1. The minimum absolute atomic E-state index is 0.0970. The maximum atomic E-state index is 11.8. The first-order chi connectivity index (χ1) is 7.65. The molecule has 1 atom stereocenters. The quantitative estimate of drug-likeness (QED) is 0.845. The average Bonchev–Trinajstić information content (AvgIpc) is 2.29. The van der Waals surface area contributed by atoms with Gasteiger partial charge in [-0.05, 0) is 24.5 Å². The molecule has 0 aliphatic heterocycles. The Kier molecular flexibility index (Phi) is 5.46. The molecule has 1 N–H and O–H groups in total. The van der Waals surface area contributed by atoms with Crippen LogP contribution in [0.1, 0.15) is 30.8 Å². The Hall–Kier alpha value is -0.900. The second-order valence-electron chi connectivity index (χ2n) is 4.02. The van der Waals surface area contributed by atoms with E-state index in [-0.39, 0.29) is 11.9 Å². The fourth-order valence-corrected chi connectivity index (χ4v) is 1.92. The van der Waals surface area contributed by atoms with Crippen LogP contribution in [-0.4, -0.2) is 22.3 Å². The van der Waals surface area contributed by atoms with Crippen LogP contribution in [-0.2, 0) is 0 Å². The van der Waals surface area contributed by atoms with Crippen LogP contribution in [0.3, 0.4) is 0 Å². The highest BCUT2D eigenvalue weighted by atomic mass is 79.9. The van der Waals surface area contributed by atoms with E-state index in [2.05, 4.69) is 40.1 Å². The standard InChI is InChI=1S/C12H17BrN2O/c1-9(2)10(6-7-13)15-12(16)11-5-3-4-8-14-11/h3-5,8-10H,6-7H2,1-2H3,(H,15,16). The second-order valence-corrected chi connectivity index (χ2v) is 4.81. The third-order valence-corrected chi connectivity index (χ3v) is 2.90. The van der Waals surface area contributed by atoms with Crippen molar-refractivity contribution in [3.63, 3.8) is 0 Å². The zero-order chi connectivity index (χ0) is 12.0. The predicted octanol–water partition coefficient (Wildman–Crippen LogP) is 2.62. The molecule has 0 aromatic carbocycles. The molecule has 3 nitrogen and oxygen atoms in total. The summed E-state index contributed by atoms with van der Waals surface area (Å²) in [5, 5.41) is 3.89. The Labute approximate surface area is 105 Å². The van der Waals surface area contributed by atoms with Gasteiger partial charge in [0.15, 0.2) is 0 Å². The Morgan fingerprint density at radius 1 is 1.50 bits per heavy atom. The number of carbonyl (C=O) groups excluding carboxylic acids is 1. The van der Waals surface area contributed by atoms with Crippen LogP contribution in [0.5, 0.6) is 0 Å². The van der Waals surface area contributed by atoms with E-state index in [0.717, 1.165) is 11.8 Å². The van der Waals surface area contributed by atoms with Crippen molar-refractivity contribution in [3.8, 4) is 0 Å². The summed E-state index contributed by atoms with van der Waals surface area (Å²) in [4.78, 5) is 15.9. The molecule has 0 saturated carbocycles. The van der Waals surface area contributed by atoms with Gasteiger partial charge in [-0.2, -0.15) is 0 Å². The summed E-state index contributed by atoms with van der Waals surface area (Å²) in [5.74, 6) is 0.325. The van der Waals surface area contributed by atoms with Crippen molar-refractivity contribution < 1.29 is 4.79 Å². The molecule has 1 rings (SSSR count). The van der Waals surface area contributed by atoms with Gasteiger partial charge in [0.1, 0.15) is 5.69 Å². The molecule has 1 amide bonds. The lowest BCUT2D eigenvalue weighted by Crippen LogP contribution is -2.39. The topological polar surface area (TPSA) is 42.0 Å². The predicted molar refractivity (Wildman–Crippen MR) is 68.7 cm³/mol. The van der Waals surface area contributed by atoms with Gasteiger partial charge in [0.25, 0.3) is 5.91 Å². The molecular formula is C12H17BrN2O. The molecule has 1 aromatic rings. The number of alkyl halides is 1. The number of nitrogens with zero attached hydrogens (tertiary/aromatic N) is 1. The lowest BCUT2D eigenvalue weighted by molar-refractivity contribution is 0.0920. The minimum Gasteiger partial charge on any atom is -0.348 e. The largest absolute Gasteiger partial charge is 0.348 e. The van der Waals surface area contributed by atoms with Gasteiger partial charge in [0.05, 0.1) is 0 Å². The second kappa shape index (κ2) is 6.63. The molecular weight excluding hydrogens is 268 g/mol. The molecule has 1 heterocycles. The Bertz CT molecular complexity index is 327. The Morgan fingerprint density at radius 3 is 2.75 bits per heavy atom. The van der Waals surface area contributed by atoms with E-state index in [4.69, 9.17) is 0 Å². The van der Waals surface area contributed by atoms with Crippen LogP contribution in [0, 0.1) is 5.92 Å². The molecule has 0 aliphatic carbocycles. The van der Waals surface area contributed by atoms with Crippen molar-refractivity contribution in [2.45, 2.75) is 26.3 Å². The van der Waals surface area contributed by atoms with Crippen molar-refractivity contribution in [1.82, 2.24) is 10.3 Å². The number of rotatable bonds is 5. The van der Waals surface area contributed by atoms with E-state index in [1.165, 1.54) is 0 Å². The summed E-state index contributed by atoms with van der Waals surface area (Å²) in [6.07, 6.45) is 2.56. The molecule has 0 fully saturated rings. The van der Waals surface area contributed by atoms with Gasteiger partial charge < -0.3 is 5.32 Å². The van der Waals surface area contributed by atoms with Crippen LogP contribution in [0.15, 0.2) is 24.4 Å². The van der Waals surface area contributed by atoms with Crippen LogP contribution < -0.4 is 5.32 Å². The average molecular weight is 285 g/mol. The smallest absolute Gasteiger partial charge is 0.270 e. The SMILES string of the molecule is CC(C)C(CCBr)NC(=O)c1ccccn1. The fraction of sp³-hybridized carbons (Fsp3) is 0.500. The van der Waals surface area contributed by atoms with Crippen molar-refractivity contribution in [3.05, 3.63) is 30.1 Å². The summed E-state index contributed by atoms with van der Waals surface area (Å²) >= 11 is 3.40. The van der Waals surface area contributed by atoms with Gasteiger partial charge in [0.2, 0.25) is 0 Å². The van der Waals surface area contributed by atoms with Crippen molar-refractivity contribution in [2.24, 2.45) is 5.92 Å². The van der Waals surface area contributed by atoms with Gasteiger partial charge in [-0.3, -0.25) is 9.78 Å². The van der Waals surface area contributed by atoms with Crippen LogP contribution in [0.4, 0.5) is 0 Å². The molecule has 1 unspecified atom stereocenters. The first-order valence-corrected chi connectivity index (χ1v) is 6.55. The van der Waals surface area contributed by atoms with Gasteiger partial charge in [0, 0.05) is 17.6 Å². The monoisotopic (exact) mass is 284 g/mol. The van der Waals surface area contributed by atoms with E-state index in [1.807, 2.05) is 6.07 Å². The van der Waals surface area contributed by atoms with Crippen LogP contribution in [0.2, 0.25) is 0 Å². The maximum absolute atomic E-state index is 11.8. The molecule has 0 radical (unpaired) electrons. The molecule has 88 valence electrons. The molecule has 1 aromatic heterocycles. The first kappa shape index (κ1) is 13.2. The Morgan fingerprint density at radius 2 is 2.25 bits per heavy atom. The number of aromatic nitrogens is 1. The molecule has 0 spiro atoms. The first-order valence-electron chi connectivity index (χ1n) is 5.43. The van der Waals surface area contributed by atoms with E-state index in [1.54, 1.807) is 18.3 Å². The van der Waals surface area contributed by atoms with Crippen LogP contribution in [0.25, 0.3) is 0 Å². The van der Waals surface area contributed by atoms with E-state index in [0.29, 0.717) is 11.6 Å². The van der Waals surface area contributed by atoms with Crippen molar-refractivity contribution in [1.29, 1.82) is 0 Å². The number of carbonyl (C=O) groups is 1. The number of hydrogen-bond donors (Lipinski definition) is 1. The van der Waals surface area contributed by atoms with Gasteiger partial charge in [-0.1, -0.05) is 35.8 Å². The highest BCUT2D eigenvalue weighted by molar-refractivity contribution is 9.09. The summed E-state index contributed by atoms with van der Waals surface area (Å²) in [7, 11) is 0. The molecule has 4 heteroatoms. The number of hydrogen-bond acceptors (Lipinski definition) is 2. The maximum Gasteiger partial charge on any atom is 0.270 e. The Balaban J connectivity index is 2.62. The molecule has 0 saturated heterocycles. The molecule has 16 heavy (non-hydrogen) atoms. The zero-order valence-corrected chi connectivity index (χ0v) is 11.2. The van der Waals surface area contributed by atoms with E-state index >= 15 is 0 Å². The van der Waals surface area contributed by atoms with E-state index in [9.17, 15) is 4.79 Å². The van der Waals surface area contributed by atoms with Gasteiger partial charge >= 0.3 is 0 Å². The summed E-state index contributed by atoms with van der Waals surface area (Å²) < 4.78 is 0. The lowest BCUT2D eigenvalue weighted by atomic mass is 10.0. The van der Waals surface area contributed by atoms with Crippen molar-refractivity contribution >= 4 is 21.8 Å². The van der Waals surface area contributed by atoms with E-state index < -0.39 is 0 Å². The number of halogens is 1.